The molecular formula is C13H15BrN2O2. The molecule has 1 saturated heterocycles. The van der Waals surface area contributed by atoms with Crippen molar-refractivity contribution in [3.8, 4) is 5.75 Å². The molecule has 1 aliphatic heterocycles. The van der Waals surface area contributed by atoms with E-state index in [0.29, 0.717) is 19.1 Å². The average molecular weight is 311 g/mol. The first-order valence-corrected chi connectivity index (χ1v) is 6.98. The van der Waals surface area contributed by atoms with Crippen LogP contribution in [0.2, 0.25) is 0 Å². The van der Waals surface area contributed by atoms with Crippen molar-refractivity contribution in [1.29, 1.82) is 0 Å². The lowest BCUT2D eigenvalue weighted by Gasteiger charge is -2.38. The SMILES string of the molecule is O=C(NC1CC1)N1CC(Oc2ccc(Br)cc2)C1. The summed E-state index contributed by atoms with van der Waals surface area (Å²) >= 11 is 3.38. The molecule has 0 radical (unpaired) electrons. The molecule has 0 unspecified atom stereocenters. The van der Waals surface area contributed by atoms with Crippen LogP contribution in [0.25, 0.3) is 0 Å². The van der Waals surface area contributed by atoms with E-state index in [1.807, 2.05) is 24.3 Å². The van der Waals surface area contributed by atoms with Gasteiger partial charge in [-0.1, -0.05) is 15.9 Å². The highest BCUT2D eigenvalue weighted by Gasteiger charge is 2.34. The number of rotatable bonds is 3. The molecule has 1 N–H and O–H groups in total. The Bertz CT molecular complexity index is 439. The van der Waals surface area contributed by atoms with E-state index >= 15 is 0 Å². The number of amides is 2. The molecule has 2 aliphatic rings. The van der Waals surface area contributed by atoms with Gasteiger partial charge in [0.15, 0.2) is 0 Å². The maximum atomic E-state index is 11.7. The predicted octanol–water partition coefficient (Wildman–Crippen LogP) is 2.38. The van der Waals surface area contributed by atoms with Gasteiger partial charge in [-0.15, -0.1) is 0 Å². The quantitative estimate of drug-likeness (QED) is 0.931. The van der Waals surface area contributed by atoms with Crippen molar-refractivity contribution in [3.05, 3.63) is 28.7 Å². The van der Waals surface area contributed by atoms with Crippen molar-refractivity contribution >= 4 is 22.0 Å². The number of nitrogens with one attached hydrogen (secondary N) is 1. The molecule has 1 aliphatic carbocycles. The molecule has 2 fully saturated rings. The van der Waals surface area contributed by atoms with Gasteiger partial charge in [0.25, 0.3) is 0 Å². The van der Waals surface area contributed by atoms with Crippen LogP contribution in [0.4, 0.5) is 4.79 Å². The zero-order valence-corrected chi connectivity index (χ0v) is 11.5. The number of nitrogens with zero attached hydrogens (tertiary/aromatic N) is 1. The van der Waals surface area contributed by atoms with Crippen LogP contribution in [0.3, 0.4) is 0 Å². The smallest absolute Gasteiger partial charge is 0.317 e. The highest BCUT2D eigenvalue weighted by molar-refractivity contribution is 9.10. The van der Waals surface area contributed by atoms with E-state index in [0.717, 1.165) is 23.1 Å². The predicted molar refractivity (Wildman–Crippen MR) is 71.7 cm³/mol. The Kier molecular flexibility index (Phi) is 3.16. The van der Waals surface area contributed by atoms with Gasteiger partial charge in [0.1, 0.15) is 11.9 Å². The number of likely N-dealkylation sites (tertiary alicyclic amines) is 1. The van der Waals surface area contributed by atoms with E-state index < -0.39 is 0 Å². The Morgan fingerprint density at radius 2 is 1.94 bits per heavy atom. The molecule has 0 spiro atoms. The number of carbonyl (C=O) groups excluding carboxylic acids is 1. The van der Waals surface area contributed by atoms with E-state index in [9.17, 15) is 4.79 Å². The van der Waals surface area contributed by atoms with E-state index in [1.165, 1.54) is 0 Å². The van der Waals surface area contributed by atoms with Crippen LogP contribution in [0.5, 0.6) is 5.75 Å². The van der Waals surface area contributed by atoms with Crippen molar-refractivity contribution in [1.82, 2.24) is 10.2 Å². The summed E-state index contributed by atoms with van der Waals surface area (Å²) < 4.78 is 6.80. The number of carbonyl (C=O) groups is 1. The van der Waals surface area contributed by atoms with Gasteiger partial charge in [-0.2, -0.15) is 0 Å². The summed E-state index contributed by atoms with van der Waals surface area (Å²) in [5, 5.41) is 2.97. The van der Waals surface area contributed by atoms with Gasteiger partial charge in [-0.05, 0) is 37.1 Å². The van der Waals surface area contributed by atoms with Crippen molar-refractivity contribution in [2.45, 2.75) is 25.0 Å². The molecule has 0 bridgehead atoms. The van der Waals surface area contributed by atoms with Crippen LogP contribution >= 0.6 is 15.9 Å². The Hall–Kier alpha value is -1.23. The topological polar surface area (TPSA) is 41.6 Å². The lowest BCUT2D eigenvalue weighted by molar-refractivity contribution is 0.0443. The minimum Gasteiger partial charge on any atom is -0.487 e. The fourth-order valence-electron chi connectivity index (χ4n) is 1.88. The van der Waals surface area contributed by atoms with Gasteiger partial charge in [0.05, 0.1) is 13.1 Å². The maximum absolute atomic E-state index is 11.7. The number of hydrogen-bond donors (Lipinski definition) is 1. The Labute approximate surface area is 114 Å². The fourth-order valence-corrected chi connectivity index (χ4v) is 2.14. The minimum atomic E-state index is 0.0492. The van der Waals surface area contributed by atoms with Gasteiger partial charge in [0, 0.05) is 10.5 Å². The largest absolute Gasteiger partial charge is 0.487 e. The van der Waals surface area contributed by atoms with Crippen LogP contribution in [0.1, 0.15) is 12.8 Å². The molecule has 5 heteroatoms. The molecule has 0 aromatic heterocycles. The molecule has 18 heavy (non-hydrogen) atoms. The van der Waals surface area contributed by atoms with Crippen LogP contribution in [0.15, 0.2) is 28.7 Å². The summed E-state index contributed by atoms with van der Waals surface area (Å²) in [6, 6.07) is 8.22. The number of benzene rings is 1. The van der Waals surface area contributed by atoms with Crippen LogP contribution in [-0.2, 0) is 0 Å². The van der Waals surface area contributed by atoms with E-state index in [-0.39, 0.29) is 12.1 Å². The summed E-state index contributed by atoms with van der Waals surface area (Å²) in [7, 11) is 0. The standard InChI is InChI=1S/C13H15BrN2O2/c14-9-1-5-11(6-2-9)18-12-7-16(8-12)13(17)15-10-3-4-10/h1-2,5-6,10,12H,3-4,7-8H2,(H,15,17). The highest BCUT2D eigenvalue weighted by Crippen LogP contribution is 2.22. The average Bonchev–Trinajstić information content (AvgIpc) is 3.09. The van der Waals surface area contributed by atoms with Crippen molar-refractivity contribution < 1.29 is 9.53 Å². The number of hydrogen-bond acceptors (Lipinski definition) is 2. The molecule has 3 rings (SSSR count). The van der Waals surface area contributed by atoms with Gasteiger partial charge >= 0.3 is 6.03 Å². The van der Waals surface area contributed by atoms with Gasteiger partial charge < -0.3 is 15.0 Å². The highest BCUT2D eigenvalue weighted by atomic mass is 79.9. The monoisotopic (exact) mass is 310 g/mol. The molecule has 1 heterocycles. The third-order valence-electron chi connectivity index (χ3n) is 3.16. The van der Waals surface area contributed by atoms with E-state index in [2.05, 4.69) is 21.2 Å². The second kappa shape index (κ2) is 4.80. The zero-order valence-electron chi connectivity index (χ0n) is 9.93. The van der Waals surface area contributed by atoms with Gasteiger partial charge in [0.2, 0.25) is 0 Å². The fraction of sp³-hybridized carbons (Fsp3) is 0.462. The molecule has 1 aromatic rings. The first-order valence-electron chi connectivity index (χ1n) is 6.18. The van der Waals surface area contributed by atoms with E-state index in [1.54, 1.807) is 4.90 Å². The second-order valence-electron chi connectivity index (χ2n) is 4.82. The molecule has 96 valence electrons. The molecule has 0 atom stereocenters. The lowest BCUT2D eigenvalue weighted by Crippen LogP contribution is -2.59. The van der Waals surface area contributed by atoms with Crippen LogP contribution < -0.4 is 10.1 Å². The summed E-state index contributed by atoms with van der Waals surface area (Å²) in [6.45, 7) is 1.35. The minimum absolute atomic E-state index is 0.0492. The Balaban J connectivity index is 1.44. The summed E-state index contributed by atoms with van der Waals surface area (Å²) in [5.41, 5.74) is 0. The third kappa shape index (κ3) is 2.77. The number of ether oxygens (including phenoxy) is 1. The first kappa shape index (κ1) is 11.8. The Morgan fingerprint density at radius 1 is 1.28 bits per heavy atom. The van der Waals surface area contributed by atoms with Crippen molar-refractivity contribution in [3.63, 3.8) is 0 Å². The second-order valence-corrected chi connectivity index (χ2v) is 5.74. The number of urea groups is 1. The maximum Gasteiger partial charge on any atom is 0.317 e. The van der Waals surface area contributed by atoms with Gasteiger partial charge in [-0.25, -0.2) is 4.79 Å². The first-order chi connectivity index (χ1) is 8.70. The van der Waals surface area contributed by atoms with E-state index in [4.69, 9.17) is 4.74 Å². The zero-order chi connectivity index (χ0) is 12.5. The van der Waals surface area contributed by atoms with Crippen LogP contribution in [-0.4, -0.2) is 36.2 Å². The molecule has 1 aromatic carbocycles. The number of halogens is 1. The molecular weight excluding hydrogens is 296 g/mol. The summed E-state index contributed by atoms with van der Waals surface area (Å²) in [4.78, 5) is 13.5. The third-order valence-corrected chi connectivity index (χ3v) is 3.69. The Morgan fingerprint density at radius 3 is 2.56 bits per heavy atom. The normalized spacial score (nSPS) is 19.3. The molecule has 4 nitrogen and oxygen atoms in total. The molecule has 2 amide bonds. The summed E-state index contributed by atoms with van der Waals surface area (Å²) in [5.74, 6) is 0.852. The van der Waals surface area contributed by atoms with Crippen LogP contribution in [0, 0.1) is 0 Å². The molecule has 1 saturated carbocycles. The lowest BCUT2D eigenvalue weighted by atomic mass is 10.2. The van der Waals surface area contributed by atoms with Crippen molar-refractivity contribution in [2.24, 2.45) is 0 Å². The summed E-state index contributed by atoms with van der Waals surface area (Å²) in [6.07, 6.45) is 2.37. The van der Waals surface area contributed by atoms with Gasteiger partial charge in [-0.3, -0.25) is 0 Å². The van der Waals surface area contributed by atoms with Crippen molar-refractivity contribution in [2.75, 3.05) is 13.1 Å².